The summed E-state index contributed by atoms with van der Waals surface area (Å²) in [4.78, 5) is 26.9. The van der Waals surface area contributed by atoms with Crippen LogP contribution in [0.25, 0.3) is 0 Å². The Morgan fingerprint density at radius 2 is 1.94 bits per heavy atom. The van der Waals surface area contributed by atoms with Crippen molar-refractivity contribution >= 4 is 23.6 Å². The molecule has 0 aromatic carbocycles. The summed E-state index contributed by atoms with van der Waals surface area (Å²) in [7, 11) is 0. The lowest BCUT2D eigenvalue weighted by molar-refractivity contribution is -0.144. The number of carbonyl (C=O) groups excluding carboxylic acids is 1. The first-order valence-corrected chi connectivity index (χ1v) is 7.51. The van der Waals surface area contributed by atoms with Gasteiger partial charge in [0.25, 0.3) is 0 Å². The lowest BCUT2D eigenvalue weighted by atomic mass is 10.2. The van der Waals surface area contributed by atoms with Crippen molar-refractivity contribution in [2.45, 2.75) is 31.1 Å². The molecule has 6 heteroatoms. The lowest BCUT2D eigenvalue weighted by Gasteiger charge is -2.37. The van der Waals surface area contributed by atoms with Gasteiger partial charge in [0.1, 0.15) is 6.04 Å². The molecule has 0 aliphatic carbocycles. The van der Waals surface area contributed by atoms with Crippen LogP contribution in [0.1, 0.15) is 19.8 Å². The van der Waals surface area contributed by atoms with Crippen molar-refractivity contribution in [3.8, 4) is 0 Å². The average Bonchev–Trinajstić information content (AvgIpc) is 2.91. The summed E-state index contributed by atoms with van der Waals surface area (Å²) in [5.41, 5.74) is 0. The van der Waals surface area contributed by atoms with E-state index in [1.54, 1.807) is 18.7 Å². The van der Waals surface area contributed by atoms with Crippen LogP contribution in [0.5, 0.6) is 0 Å². The fraction of sp³-hybridized carbons (Fsp3) is 0.833. The molecule has 1 N–H and O–H groups in total. The largest absolute Gasteiger partial charge is 0.480 e. The second-order valence-electron chi connectivity index (χ2n) is 4.88. The number of nitrogens with zero attached hydrogens (tertiary/aromatic N) is 2. The van der Waals surface area contributed by atoms with Crippen molar-refractivity contribution in [2.24, 2.45) is 0 Å². The highest BCUT2D eigenvalue weighted by Gasteiger charge is 2.31. The summed E-state index contributed by atoms with van der Waals surface area (Å²) in [5.74, 6) is 0.549. The normalized spacial score (nSPS) is 27.2. The highest BCUT2D eigenvalue weighted by atomic mass is 32.2. The van der Waals surface area contributed by atoms with Crippen molar-refractivity contribution in [1.29, 1.82) is 0 Å². The monoisotopic (exact) mass is 272 g/mol. The van der Waals surface area contributed by atoms with Gasteiger partial charge in [0, 0.05) is 26.2 Å². The predicted octanol–water partition coefficient (Wildman–Crippen LogP) is 0.499. The van der Waals surface area contributed by atoms with Crippen LogP contribution in [0, 0.1) is 0 Å². The van der Waals surface area contributed by atoms with Gasteiger partial charge in [-0.15, -0.1) is 11.8 Å². The molecule has 0 radical (unpaired) electrons. The number of hydrogen-bond donors (Lipinski definition) is 1. The number of amides is 1. The molecule has 2 aliphatic heterocycles. The summed E-state index contributed by atoms with van der Waals surface area (Å²) < 4.78 is 0. The third-order valence-corrected chi connectivity index (χ3v) is 5.10. The summed E-state index contributed by atoms with van der Waals surface area (Å²) in [6, 6.07) is -0.455. The molecule has 0 aromatic rings. The molecule has 102 valence electrons. The number of hydrogen-bond acceptors (Lipinski definition) is 4. The highest BCUT2D eigenvalue weighted by molar-refractivity contribution is 8.00. The van der Waals surface area contributed by atoms with Gasteiger partial charge in [-0.05, 0) is 25.5 Å². The Hall–Kier alpha value is -0.750. The van der Waals surface area contributed by atoms with Crippen molar-refractivity contribution in [2.75, 3.05) is 31.9 Å². The summed E-state index contributed by atoms with van der Waals surface area (Å²) in [5, 5.41) is 9.10. The Balaban J connectivity index is 1.82. The van der Waals surface area contributed by atoms with Crippen LogP contribution >= 0.6 is 11.8 Å². The summed E-state index contributed by atoms with van der Waals surface area (Å²) in [6.07, 6.45) is 2.13. The van der Waals surface area contributed by atoms with Gasteiger partial charge in [-0.25, -0.2) is 0 Å². The lowest BCUT2D eigenvalue weighted by Crippen LogP contribution is -2.54. The molecule has 2 saturated heterocycles. The van der Waals surface area contributed by atoms with Crippen molar-refractivity contribution < 1.29 is 14.7 Å². The number of carboxylic acids is 1. The predicted molar refractivity (Wildman–Crippen MR) is 70.7 cm³/mol. The van der Waals surface area contributed by atoms with Gasteiger partial charge >= 0.3 is 5.97 Å². The smallest absolute Gasteiger partial charge is 0.320 e. The Kier molecular flexibility index (Phi) is 4.50. The summed E-state index contributed by atoms with van der Waals surface area (Å²) in [6.45, 7) is 4.35. The fourth-order valence-corrected chi connectivity index (χ4v) is 3.70. The van der Waals surface area contributed by atoms with Crippen LogP contribution in [0.15, 0.2) is 0 Å². The molecule has 0 bridgehead atoms. The van der Waals surface area contributed by atoms with E-state index in [-0.39, 0.29) is 11.2 Å². The van der Waals surface area contributed by atoms with Crippen LogP contribution in [-0.2, 0) is 9.59 Å². The molecule has 18 heavy (non-hydrogen) atoms. The first-order chi connectivity index (χ1) is 8.59. The standard InChI is InChI=1S/C12H20N2O3S/c1-9(12(16)17)13-4-6-14(7-5-13)11(15)10-3-2-8-18-10/h9-10H,2-8H2,1H3,(H,16,17). The minimum absolute atomic E-state index is 0.147. The SMILES string of the molecule is CC(C(=O)O)N1CCN(C(=O)C2CCCS2)CC1. The van der Waals surface area contributed by atoms with E-state index in [0.29, 0.717) is 26.2 Å². The molecule has 2 atom stereocenters. The quantitative estimate of drug-likeness (QED) is 0.810. The number of thioether (sulfide) groups is 1. The molecule has 5 nitrogen and oxygen atoms in total. The second kappa shape index (κ2) is 5.93. The van der Waals surface area contributed by atoms with Gasteiger partial charge in [-0.2, -0.15) is 0 Å². The van der Waals surface area contributed by atoms with Gasteiger partial charge in [0.2, 0.25) is 5.91 Å². The molecule has 2 aliphatic rings. The first kappa shape index (κ1) is 13.7. The zero-order valence-corrected chi connectivity index (χ0v) is 11.5. The van der Waals surface area contributed by atoms with Gasteiger partial charge in [-0.3, -0.25) is 14.5 Å². The van der Waals surface area contributed by atoms with Crippen LogP contribution in [-0.4, -0.2) is 70.0 Å². The maximum atomic E-state index is 12.2. The van der Waals surface area contributed by atoms with E-state index < -0.39 is 12.0 Å². The molecule has 2 heterocycles. The number of carbonyl (C=O) groups is 2. The topological polar surface area (TPSA) is 60.9 Å². The Morgan fingerprint density at radius 3 is 2.44 bits per heavy atom. The van der Waals surface area contributed by atoms with Crippen LogP contribution in [0.4, 0.5) is 0 Å². The van der Waals surface area contributed by atoms with E-state index in [1.807, 2.05) is 9.80 Å². The number of aliphatic carboxylic acids is 1. The van der Waals surface area contributed by atoms with E-state index in [9.17, 15) is 9.59 Å². The summed E-state index contributed by atoms with van der Waals surface area (Å²) >= 11 is 1.76. The minimum Gasteiger partial charge on any atom is -0.480 e. The molecule has 0 aromatic heterocycles. The van der Waals surface area contributed by atoms with E-state index in [1.165, 1.54) is 0 Å². The van der Waals surface area contributed by atoms with Crippen molar-refractivity contribution in [1.82, 2.24) is 9.80 Å². The third-order valence-electron chi connectivity index (χ3n) is 3.74. The molecule has 0 saturated carbocycles. The maximum absolute atomic E-state index is 12.2. The van der Waals surface area contributed by atoms with Gasteiger partial charge in [0.05, 0.1) is 5.25 Å². The van der Waals surface area contributed by atoms with Crippen LogP contribution in [0.3, 0.4) is 0 Å². The van der Waals surface area contributed by atoms with Gasteiger partial charge in [-0.1, -0.05) is 0 Å². The van der Waals surface area contributed by atoms with Gasteiger partial charge in [0.15, 0.2) is 0 Å². The van der Waals surface area contributed by atoms with E-state index in [2.05, 4.69) is 0 Å². The maximum Gasteiger partial charge on any atom is 0.320 e. The van der Waals surface area contributed by atoms with E-state index >= 15 is 0 Å². The first-order valence-electron chi connectivity index (χ1n) is 6.47. The van der Waals surface area contributed by atoms with Crippen LogP contribution in [0.2, 0.25) is 0 Å². The molecular formula is C12H20N2O3S. The molecule has 2 unspecified atom stereocenters. The zero-order chi connectivity index (χ0) is 13.1. The molecule has 0 spiro atoms. The number of carboxylic acid groups (broad SMARTS) is 1. The zero-order valence-electron chi connectivity index (χ0n) is 10.7. The molecule has 1 amide bonds. The van der Waals surface area contributed by atoms with Gasteiger partial charge < -0.3 is 10.0 Å². The molecule has 2 rings (SSSR count). The second-order valence-corrected chi connectivity index (χ2v) is 6.19. The molecular weight excluding hydrogens is 252 g/mol. The minimum atomic E-state index is -0.791. The van der Waals surface area contributed by atoms with Crippen molar-refractivity contribution in [3.63, 3.8) is 0 Å². The van der Waals surface area contributed by atoms with E-state index in [0.717, 1.165) is 18.6 Å². The van der Waals surface area contributed by atoms with Crippen molar-refractivity contribution in [3.05, 3.63) is 0 Å². The van der Waals surface area contributed by atoms with Crippen LogP contribution < -0.4 is 0 Å². The highest BCUT2D eigenvalue weighted by Crippen LogP contribution is 2.28. The Labute approximate surface area is 112 Å². The average molecular weight is 272 g/mol. The number of rotatable bonds is 3. The number of piperazine rings is 1. The Bertz CT molecular complexity index is 323. The fourth-order valence-electron chi connectivity index (χ4n) is 2.46. The van der Waals surface area contributed by atoms with E-state index in [4.69, 9.17) is 5.11 Å². The Morgan fingerprint density at radius 1 is 1.28 bits per heavy atom. The molecule has 2 fully saturated rings. The third kappa shape index (κ3) is 2.98.